The highest BCUT2D eigenvalue weighted by Gasteiger charge is 2.25. The number of carbonyl (C=O) groups is 2. The molecule has 3 N–H and O–H groups in total. The van der Waals surface area contributed by atoms with Crippen LogP contribution in [0.15, 0.2) is 42.1 Å². The van der Waals surface area contributed by atoms with Crippen LogP contribution in [0, 0.1) is 0 Å². The van der Waals surface area contributed by atoms with Crippen LogP contribution in [-0.2, 0) is 9.59 Å². The summed E-state index contributed by atoms with van der Waals surface area (Å²) in [4.78, 5) is 28.3. The molecule has 0 unspecified atom stereocenters. The third-order valence-electron chi connectivity index (χ3n) is 5.15. The number of fused-ring (bicyclic) bond motifs is 1. The molecule has 0 bridgehead atoms. The number of carbonyl (C=O) groups excluding carboxylic acids is 2. The average Bonchev–Trinajstić information content (AvgIpc) is 3.38. The summed E-state index contributed by atoms with van der Waals surface area (Å²) in [6.07, 6.45) is 5.74. The van der Waals surface area contributed by atoms with Crippen molar-refractivity contribution in [3.8, 4) is 5.75 Å². The van der Waals surface area contributed by atoms with Gasteiger partial charge in [-0.1, -0.05) is 0 Å². The van der Waals surface area contributed by atoms with E-state index < -0.39 is 0 Å². The van der Waals surface area contributed by atoms with Gasteiger partial charge < -0.3 is 15.4 Å². The zero-order valence-electron chi connectivity index (χ0n) is 17.9. The molecule has 3 heterocycles. The molecule has 3 aromatic rings. The van der Waals surface area contributed by atoms with Crippen molar-refractivity contribution in [1.82, 2.24) is 19.9 Å². The molecule has 0 atom stereocenters. The SMILES string of the molecule is CC(C)Oc1ccc(Nc2cc(NC3CC3)n3ncc(/C=C4\CC(=O)NC4=O)c3n2)cc1. The second-order valence-corrected chi connectivity index (χ2v) is 8.32. The van der Waals surface area contributed by atoms with Crippen LogP contribution in [-0.4, -0.2) is 38.6 Å². The largest absolute Gasteiger partial charge is 0.491 e. The lowest BCUT2D eigenvalue weighted by Gasteiger charge is -2.13. The molecule has 164 valence electrons. The van der Waals surface area contributed by atoms with E-state index in [4.69, 9.17) is 9.72 Å². The average molecular weight is 432 g/mol. The summed E-state index contributed by atoms with van der Waals surface area (Å²) in [6, 6.07) is 10.0. The second kappa shape index (κ2) is 7.99. The molecule has 1 aliphatic heterocycles. The highest BCUT2D eigenvalue weighted by atomic mass is 16.5. The standard InChI is InChI=1S/C23H24N6O3/c1-13(2)32-18-7-5-16(6-8-18)25-19-11-20(26-17-3-4-17)29-22(27-19)15(12-24-29)9-14-10-21(30)28-23(14)31/h5-9,11-13,17,26H,3-4,10H2,1-2H3,(H,25,27)(H,28,30,31)/b14-9+. The predicted octanol–water partition coefficient (Wildman–Crippen LogP) is 3.26. The van der Waals surface area contributed by atoms with Gasteiger partial charge in [0.15, 0.2) is 5.65 Å². The first-order chi connectivity index (χ1) is 15.4. The lowest BCUT2D eigenvalue weighted by Crippen LogP contribution is -2.19. The third-order valence-corrected chi connectivity index (χ3v) is 5.15. The van der Waals surface area contributed by atoms with Crippen molar-refractivity contribution in [2.75, 3.05) is 10.6 Å². The molecule has 2 fully saturated rings. The quantitative estimate of drug-likeness (QED) is 0.388. The minimum atomic E-state index is -0.372. The number of nitrogens with zero attached hydrogens (tertiary/aromatic N) is 3. The van der Waals surface area contributed by atoms with Crippen molar-refractivity contribution in [1.29, 1.82) is 0 Å². The van der Waals surface area contributed by atoms with Gasteiger partial charge in [-0.15, -0.1) is 0 Å². The van der Waals surface area contributed by atoms with E-state index in [0.29, 0.717) is 28.6 Å². The van der Waals surface area contributed by atoms with Gasteiger partial charge in [-0.3, -0.25) is 14.9 Å². The molecule has 0 spiro atoms. The molecule has 9 nitrogen and oxygen atoms in total. The van der Waals surface area contributed by atoms with Gasteiger partial charge in [-0.2, -0.15) is 9.61 Å². The Kier molecular flexibility index (Phi) is 5.01. The maximum atomic E-state index is 12.0. The number of aromatic nitrogens is 3. The molecule has 1 saturated heterocycles. The molecular formula is C23H24N6O3. The highest BCUT2D eigenvalue weighted by Crippen LogP contribution is 2.29. The van der Waals surface area contributed by atoms with E-state index in [1.165, 1.54) is 0 Å². The van der Waals surface area contributed by atoms with Gasteiger partial charge >= 0.3 is 0 Å². The molecule has 2 aromatic heterocycles. The maximum Gasteiger partial charge on any atom is 0.254 e. The lowest BCUT2D eigenvalue weighted by molar-refractivity contribution is -0.124. The number of ether oxygens (including phenoxy) is 1. The fourth-order valence-electron chi connectivity index (χ4n) is 3.53. The highest BCUT2D eigenvalue weighted by molar-refractivity contribution is 6.15. The Hall–Kier alpha value is -3.88. The van der Waals surface area contributed by atoms with Gasteiger partial charge in [-0.05, 0) is 57.0 Å². The van der Waals surface area contributed by atoms with Crippen LogP contribution < -0.4 is 20.7 Å². The van der Waals surface area contributed by atoms with Crippen LogP contribution >= 0.6 is 0 Å². The van der Waals surface area contributed by atoms with Crippen LogP contribution in [0.25, 0.3) is 11.7 Å². The van der Waals surface area contributed by atoms with Crippen molar-refractivity contribution >= 4 is 40.9 Å². The van der Waals surface area contributed by atoms with Crippen molar-refractivity contribution in [3.63, 3.8) is 0 Å². The van der Waals surface area contributed by atoms with Gasteiger partial charge in [0.2, 0.25) is 5.91 Å². The van der Waals surface area contributed by atoms with Crippen molar-refractivity contribution < 1.29 is 14.3 Å². The smallest absolute Gasteiger partial charge is 0.254 e. The van der Waals surface area contributed by atoms with Crippen LogP contribution in [0.1, 0.15) is 38.7 Å². The third kappa shape index (κ3) is 4.27. The van der Waals surface area contributed by atoms with E-state index >= 15 is 0 Å². The van der Waals surface area contributed by atoms with Gasteiger partial charge in [-0.25, -0.2) is 4.98 Å². The normalized spacial score (nSPS) is 17.3. The first kappa shape index (κ1) is 20.0. The van der Waals surface area contributed by atoms with Crippen LogP contribution in [0.4, 0.5) is 17.3 Å². The number of amides is 2. The van der Waals surface area contributed by atoms with Crippen LogP contribution in [0.3, 0.4) is 0 Å². The van der Waals surface area contributed by atoms with Gasteiger partial charge in [0.25, 0.3) is 5.91 Å². The molecule has 1 aliphatic carbocycles. The van der Waals surface area contributed by atoms with Gasteiger partial charge in [0.05, 0.1) is 18.7 Å². The number of benzene rings is 1. The Morgan fingerprint density at radius 3 is 2.66 bits per heavy atom. The monoisotopic (exact) mass is 432 g/mol. The minimum Gasteiger partial charge on any atom is -0.491 e. The Labute approximate surface area is 184 Å². The lowest BCUT2D eigenvalue weighted by atomic mass is 10.1. The number of rotatable bonds is 7. The molecule has 2 amide bonds. The summed E-state index contributed by atoms with van der Waals surface area (Å²) in [5.74, 6) is 1.60. The van der Waals surface area contributed by atoms with E-state index in [1.807, 2.05) is 44.2 Å². The Bertz CT molecular complexity index is 1220. The number of imide groups is 1. The molecular weight excluding hydrogens is 408 g/mol. The fourth-order valence-corrected chi connectivity index (χ4v) is 3.53. The summed E-state index contributed by atoms with van der Waals surface area (Å²) in [5.41, 5.74) is 2.55. The Morgan fingerprint density at radius 1 is 1.22 bits per heavy atom. The van der Waals surface area contributed by atoms with E-state index in [2.05, 4.69) is 21.0 Å². The maximum absolute atomic E-state index is 12.0. The molecule has 5 rings (SSSR count). The van der Waals surface area contributed by atoms with Crippen molar-refractivity contribution in [3.05, 3.63) is 47.7 Å². The fraction of sp³-hybridized carbons (Fsp3) is 0.304. The van der Waals surface area contributed by atoms with Crippen LogP contribution in [0.5, 0.6) is 5.75 Å². The zero-order valence-corrected chi connectivity index (χ0v) is 17.9. The van der Waals surface area contributed by atoms with Gasteiger partial charge in [0, 0.05) is 28.9 Å². The summed E-state index contributed by atoms with van der Waals surface area (Å²) < 4.78 is 7.43. The number of nitrogens with one attached hydrogen (secondary N) is 3. The van der Waals surface area contributed by atoms with E-state index in [9.17, 15) is 9.59 Å². The summed E-state index contributed by atoms with van der Waals surface area (Å²) in [6.45, 7) is 3.98. The minimum absolute atomic E-state index is 0.0616. The first-order valence-electron chi connectivity index (χ1n) is 10.7. The van der Waals surface area contributed by atoms with Crippen LogP contribution in [0.2, 0.25) is 0 Å². The summed E-state index contributed by atoms with van der Waals surface area (Å²) in [5, 5.41) is 13.6. The zero-order chi connectivity index (χ0) is 22.2. The van der Waals surface area contributed by atoms with Gasteiger partial charge in [0.1, 0.15) is 17.4 Å². The van der Waals surface area contributed by atoms with E-state index in [1.54, 1.807) is 16.8 Å². The summed E-state index contributed by atoms with van der Waals surface area (Å²) in [7, 11) is 0. The molecule has 32 heavy (non-hydrogen) atoms. The molecule has 1 aromatic carbocycles. The molecule has 2 aliphatic rings. The molecule has 9 heteroatoms. The number of hydrogen-bond acceptors (Lipinski definition) is 7. The van der Waals surface area contributed by atoms with Crippen molar-refractivity contribution in [2.45, 2.75) is 45.3 Å². The predicted molar refractivity (Wildman–Crippen MR) is 121 cm³/mol. The molecule has 0 radical (unpaired) electrons. The second-order valence-electron chi connectivity index (χ2n) is 8.32. The number of hydrogen-bond donors (Lipinski definition) is 3. The van der Waals surface area contributed by atoms with E-state index in [0.717, 1.165) is 30.1 Å². The topological polar surface area (TPSA) is 110 Å². The Morgan fingerprint density at radius 2 is 2.00 bits per heavy atom. The van der Waals surface area contributed by atoms with Crippen molar-refractivity contribution in [2.24, 2.45) is 0 Å². The van der Waals surface area contributed by atoms with E-state index in [-0.39, 0.29) is 24.3 Å². The molecule has 1 saturated carbocycles. The first-order valence-corrected chi connectivity index (χ1v) is 10.7. The Balaban J connectivity index is 1.49. The summed E-state index contributed by atoms with van der Waals surface area (Å²) >= 11 is 0. The number of anilines is 3.